The molecule has 0 bridgehead atoms. The average molecular weight is 361 g/mol. The molecule has 3 heterocycles. The van der Waals surface area contributed by atoms with Crippen LogP contribution in [0.5, 0.6) is 5.75 Å². The lowest BCUT2D eigenvalue weighted by Gasteiger charge is -2.20. The maximum absolute atomic E-state index is 12.5. The van der Waals surface area contributed by atoms with Crippen LogP contribution in [0, 0.1) is 6.92 Å². The van der Waals surface area contributed by atoms with E-state index in [1.165, 1.54) is 17.5 Å². The summed E-state index contributed by atoms with van der Waals surface area (Å²) < 4.78 is 7.92. The number of hydrogen-bond acceptors (Lipinski definition) is 3. The van der Waals surface area contributed by atoms with Gasteiger partial charge in [0.25, 0.3) is 0 Å². The Morgan fingerprint density at radius 1 is 1.26 bits per heavy atom. The highest BCUT2D eigenvalue weighted by Gasteiger charge is 2.32. The molecule has 1 atom stereocenters. The van der Waals surface area contributed by atoms with Crippen molar-refractivity contribution < 1.29 is 9.53 Å². The molecule has 27 heavy (non-hydrogen) atoms. The van der Waals surface area contributed by atoms with Crippen LogP contribution in [0.25, 0.3) is 5.65 Å². The van der Waals surface area contributed by atoms with E-state index in [0.29, 0.717) is 13.0 Å². The lowest BCUT2D eigenvalue weighted by molar-refractivity contribution is -0.121. The molecule has 3 aromatic rings. The smallest absolute Gasteiger partial charge is 0.221 e. The summed E-state index contributed by atoms with van der Waals surface area (Å²) in [4.78, 5) is 17.3. The molecule has 138 valence electrons. The molecule has 0 saturated heterocycles. The van der Waals surface area contributed by atoms with Crippen molar-refractivity contribution in [1.29, 1.82) is 0 Å². The molecule has 1 N–H and O–H groups in total. The molecular formula is C22H23N3O2. The van der Waals surface area contributed by atoms with Gasteiger partial charge in [0.15, 0.2) is 0 Å². The normalized spacial score (nSPS) is 18.7. The second kappa shape index (κ2) is 6.12. The zero-order valence-corrected chi connectivity index (χ0v) is 15.7. The number of hydrogen-bond donors (Lipinski definition) is 1. The highest BCUT2D eigenvalue weighted by Crippen LogP contribution is 2.40. The minimum Gasteiger partial charge on any atom is -0.496 e. The number of imidazole rings is 1. The highest BCUT2D eigenvalue weighted by atomic mass is 16.5. The maximum atomic E-state index is 12.5. The third-order valence-corrected chi connectivity index (χ3v) is 5.95. The molecule has 0 fully saturated rings. The first-order valence-electron chi connectivity index (χ1n) is 9.58. The van der Waals surface area contributed by atoms with Crippen molar-refractivity contribution in [3.05, 3.63) is 64.1 Å². The van der Waals surface area contributed by atoms with Crippen LogP contribution in [-0.2, 0) is 24.2 Å². The third-order valence-electron chi connectivity index (χ3n) is 5.95. The Hall–Kier alpha value is -2.82. The second-order valence-corrected chi connectivity index (χ2v) is 7.58. The van der Waals surface area contributed by atoms with Crippen molar-refractivity contribution in [2.24, 2.45) is 0 Å². The number of methoxy groups -OCH3 is 1. The van der Waals surface area contributed by atoms with Crippen LogP contribution >= 0.6 is 0 Å². The van der Waals surface area contributed by atoms with Gasteiger partial charge in [-0.3, -0.25) is 4.79 Å². The molecule has 1 aliphatic heterocycles. The fourth-order valence-corrected chi connectivity index (χ4v) is 4.63. The van der Waals surface area contributed by atoms with E-state index in [1.807, 2.05) is 6.07 Å². The van der Waals surface area contributed by atoms with Crippen molar-refractivity contribution in [2.75, 3.05) is 7.11 Å². The van der Waals surface area contributed by atoms with Crippen molar-refractivity contribution in [2.45, 2.75) is 45.1 Å². The van der Waals surface area contributed by atoms with Gasteiger partial charge in [-0.25, -0.2) is 4.98 Å². The Kier molecular flexibility index (Phi) is 3.71. The molecular weight excluding hydrogens is 338 g/mol. The van der Waals surface area contributed by atoms with Gasteiger partial charge >= 0.3 is 0 Å². The molecule has 2 aliphatic rings. The first-order valence-corrected chi connectivity index (χ1v) is 9.58. The average Bonchev–Trinajstić information content (AvgIpc) is 3.24. The Balaban J connectivity index is 1.76. The van der Waals surface area contributed by atoms with Gasteiger partial charge in [-0.15, -0.1) is 0 Å². The predicted molar refractivity (Wildman–Crippen MR) is 103 cm³/mol. The van der Waals surface area contributed by atoms with E-state index >= 15 is 0 Å². The van der Waals surface area contributed by atoms with Crippen LogP contribution in [0.2, 0.25) is 0 Å². The van der Waals surface area contributed by atoms with Gasteiger partial charge in [0, 0.05) is 24.1 Å². The molecule has 5 heteroatoms. The minimum absolute atomic E-state index is 0.0574. The molecule has 1 amide bonds. The molecule has 5 nitrogen and oxygen atoms in total. The third kappa shape index (κ3) is 2.52. The molecule has 0 unspecified atom stereocenters. The molecule has 5 rings (SSSR count). The van der Waals surface area contributed by atoms with Gasteiger partial charge in [0.1, 0.15) is 11.4 Å². The molecule has 2 aromatic heterocycles. The fourth-order valence-electron chi connectivity index (χ4n) is 4.63. The molecule has 0 radical (unpaired) electrons. The number of fused-ring (bicyclic) bond motifs is 4. The molecule has 0 saturated carbocycles. The van der Waals surface area contributed by atoms with Crippen LogP contribution in [0.15, 0.2) is 30.5 Å². The van der Waals surface area contributed by atoms with Crippen LogP contribution in [0.4, 0.5) is 0 Å². The summed E-state index contributed by atoms with van der Waals surface area (Å²) in [5, 5.41) is 3.02. The summed E-state index contributed by atoms with van der Waals surface area (Å²) in [5.74, 6) is 0.867. The fraction of sp³-hybridized carbons (Fsp3) is 0.364. The number of rotatable bonds is 2. The summed E-state index contributed by atoms with van der Waals surface area (Å²) in [6.45, 7) is 2.55. The number of carbonyl (C=O) groups excluding carboxylic acids is 1. The summed E-state index contributed by atoms with van der Waals surface area (Å²) in [6.07, 6.45) is 5.86. The summed E-state index contributed by atoms with van der Waals surface area (Å²) >= 11 is 0. The number of nitrogens with zero attached hydrogens (tertiary/aromatic N) is 2. The zero-order chi connectivity index (χ0) is 18.5. The SMILES string of the molecule is COc1cc2c(cc1[C@H]1CC(=O)NCc3nc4c(C)cccn4c31)CCC2. The van der Waals surface area contributed by atoms with E-state index in [2.05, 4.69) is 41.0 Å². The van der Waals surface area contributed by atoms with E-state index in [4.69, 9.17) is 9.72 Å². The van der Waals surface area contributed by atoms with Crippen molar-refractivity contribution in [3.63, 3.8) is 0 Å². The molecule has 1 aliphatic carbocycles. The maximum Gasteiger partial charge on any atom is 0.221 e. The van der Waals surface area contributed by atoms with Gasteiger partial charge in [-0.1, -0.05) is 12.1 Å². The molecule has 1 aromatic carbocycles. The number of pyridine rings is 1. The molecule has 0 spiro atoms. The van der Waals surface area contributed by atoms with Crippen LogP contribution < -0.4 is 10.1 Å². The summed E-state index contributed by atoms with van der Waals surface area (Å²) in [6, 6.07) is 8.56. The number of nitrogens with one attached hydrogen (secondary N) is 1. The van der Waals surface area contributed by atoms with Crippen LogP contribution in [-0.4, -0.2) is 22.4 Å². The predicted octanol–water partition coefficient (Wildman–Crippen LogP) is 3.29. The lowest BCUT2D eigenvalue weighted by Crippen LogP contribution is -2.21. The standard InChI is InChI=1S/C22H23N3O2/c1-13-5-4-8-25-21-17(11-20(26)23-12-18(21)24-22(13)25)16-9-14-6-3-7-15(14)10-19(16)27-2/h4-5,8-10,17H,3,6-7,11-12H2,1-2H3,(H,23,26)/t17-/m1/s1. The number of aromatic nitrogens is 2. The lowest BCUT2D eigenvalue weighted by atomic mass is 9.88. The summed E-state index contributed by atoms with van der Waals surface area (Å²) in [7, 11) is 1.72. The van der Waals surface area contributed by atoms with Gasteiger partial charge < -0.3 is 14.5 Å². The summed E-state index contributed by atoms with van der Waals surface area (Å²) in [5.41, 5.74) is 8.01. The van der Waals surface area contributed by atoms with E-state index in [0.717, 1.165) is 46.8 Å². The monoisotopic (exact) mass is 361 g/mol. The Labute approximate surface area is 158 Å². The quantitative estimate of drug-likeness (QED) is 0.762. The minimum atomic E-state index is -0.0693. The Bertz CT molecular complexity index is 1070. The van der Waals surface area contributed by atoms with E-state index in [-0.39, 0.29) is 11.8 Å². The van der Waals surface area contributed by atoms with Gasteiger partial charge in [-0.05, 0) is 55.0 Å². The second-order valence-electron chi connectivity index (χ2n) is 7.58. The Morgan fingerprint density at radius 2 is 2.07 bits per heavy atom. The number of benzene rings is 1. The van der Waals surface area contributed by atoms with Crippen molar-refractivity contribution >= 4 is 11.6 Å². The number of aryl methyl sites for hydroxylation is 3. The largest absolute Gasteiger partial charge is 0.496 e. The van der Waals surface area contributed by atoms with Crippen molar-refractivity contribution in [3.8, 4) is 5.75 Å². The van der Waals surface area contributed by atoms with Gasteiger partial charge in [0.05, 0.1) is 25.0 Å². The van der Waals surface area contributed by atoms with Crippen LogP contribution in [0.1, 0.15) is 52.4 Å². The highest BCUT2D eigenvalue weighted by molar-refractivity contribution is 5.79. The number of carbonyl (C=O) groups is 1. The Morgan fingerprint density at radius 3 is 2.89 bits per heavy atom. The van der Waals surface area contributed by atoms with Crippen LogP contribution in [0.3, 0.4) is 0 Å². The van der Waals surface area contributed by atoms with E-state index in [9.17, 15) is 4.79 Å². The van der Waals surface area contributed by atoms with E-state index < -0.39 is 0 Å². The number of amides is 1. The van der Waals surface area contributed by atoms with E-state index in [1.54, 1.807) is 7.11 Å². The van der Waals surface area contributed by atoms with Gasteiger partial charge in [0.2, 0.25) is 5.91 Å². The first-order chi connectivity index (χ1) is 13.2. The number of ether oxygens (including phenoxy) is 1. The topological polar surface area (TPSA) is 55.6 Å². The zero-order valence-electron chi connectivity index (χ0n) is 15.7. The van der Waals surface area contributed by atoms with Crippen molar-refractivity contribution in [1.82, 2.24) is 14.7 Å². The first kappa shape index (κ1) is 16.4. The van der Waals surface area contributed by atoms with Gasteiger partial charge in [-0.2, -0.15) is 0 Å².